The fourth-order valence-corrected chi connectivity index (χ4v) is 6.00. The Hall–Kier alpha value is -2.97. The van der Waals surface area contributed by atoms with Crippen molar-refractivity contribution < 1.29 is 18.0 Å². The topological polar surface area (TPSA) is 95.6 Å². The highest BCUT2D eigenvalue weighted by Gasteiger charge is 2.30. The predicted octanol–water partition coefficient (Wildman–Crippen LogP) is 2.29. The lowest BCUT2D eigenvalue weighted by Gasteiger charge is -2.31. The standard InChI is InChI=1S/C25H29N3O4S/c1-2-24(29)26-17-18-11-13-28(14-12-18)33(31,32)23-9-7-19(8-10-23)25(30)27-22-15-20-5-3-4-6-21(20)16-22/h2-10,18,22H,1,11-17H2,(H,26,29)(H,27,30). The molecule has 33 heavy (non-hydrogen) atoms. The molecule has 2 aromatic rings. The van der Waals surface area contributed by atoms with Crippen molar-refractivity contribution in [1.29, 1.82) is 0 Å². The lowest BCUT2D eigenvalue weighted by atomic mass is 9.98. The quantitative estimate of drug-likeness (QED) is 0.611. The number of hydrogen-bond donors (Lipinski definition) is 2. The zero-order valence-corrected chi connectivity index (χ0v) is 19.3. The van der Waals surface area contributed by atoms with E-state index in [1.807, 2.05) is 12.1 Å². The SMILES string of the molecule is C=CC(=O)NCC1CCN(S(=O)(=O)c2ccc(C(=O)NC3Cc4ccccc4C3)cc2)CC1. The minimum Gasteiger partial charge on any atom is -0.352 e. The van der Waals surface area contributed by atoms with Crippen molar-refractivity contribution in [2.24, 2.45) is 5.92 Å². The third-order valence-electron chi connectivity index (χ3n) is 6.46. The maximum atomic E-state index is 13.0. The molecule has 4 rings (SSSR count). The molecule has 2 aliphatic rings. The minimum absolute atomic E-state index is 0.0517. The summed E-state index contributed by atoms with van der Waals surface area (Å²) in [5.41, 5.74) is 2.97. The van der Waals surface area contributed by atoms with Crippen LogP contribution in [0, 0.1) is 5.92 Å². The first-order valence-electron chi connectivity index (χ1n) is 11.2. The van der Waals surface area contributed by atoms with E-state index >= 15 is 0 Å². The molecule has 2 aromatic carbocycles. The lowest BCUT2D eigenvalue weighted by Crippen LogP contribution is -2.41. The van der Waals surface area contributed by atoms with Crippen molar-refractivity contribution in [2.45, 2.75) is 36.6 Å². The first-order chi connectivity index (χ1) is 15.9. The predicted molar refractivity (Wildman–Crippen MR) is 126 cm³/mol. The Morgan fingerprint density at radius 3 is 2.18 bits per heavy atom. The Labute approximate surface area is 194 Å². The molecule has 1 aliphatic carbocycles. The van der Waals surface area contributed by atoms with Crippen molar-refractivity contribution in [3.63, 3.8) is 0 Å². The third-order valence-corrected chi connectivity index (χ3v) is 8.38. The maximum absolute atomic E-state index is 13.0. The van der Waals surface area contributed by atoms with Gasteiger partial charge in [0.1, 0.15) is 0 Å². The van der Waals surface area contributed by atoms with Gasteiger partial charge in [0.2, 0.25) is 15.9 Å². The van der Waals surface area contributed by atoms with Crippen LogP contribution in [0.15, 0.2) is 66.1 Å². The van der Waals surface area contributed by atoms with Gasteiger partial charge < -0.3 is 10.6 Å². The normalized spacial score (nSPS) is 17.3. The van der Waals surface area contributed by atoms with Gasteiger partial charge in [0, 0.05) is 31.2 Å². The number of nitrogens with one attached hydrogen (secondary N) is 2. The Bertz CT molecular complexity index is 1110. The van der Waals surface area contributed by atoms with Crippen LogP contribution in [-0.4, -0.2) is 50.2 Å². The van der Waals surface area contributed by atoms with Crippen LogP contribution in [0.1, 0.15) is 34.3 Å². The molecule has 1 fully saturated rings. The van der Waals surface area contributed by atoms with E-state index < -0.39 is 10.0 Å². The molecule has 0 aromatic heterocycles. The van der Waals surface area contributed by atoms with E-state index in [2.05, 4.69) is 29.3 Å². The molecular formula is C25H29N3O4S. The fraction of sp³-hybridized carbons (Fsp3) is 0.360. The number of benzene rings is 2. The van der Waals surface area contributed by atoms with Gasteiger partial charge in [-0.3, -0.25) is 9.59 Å². The van der Waals surface area contributed by atoms with Crippen LogP contribution in [0.4, 0.5) is 0 Å². The number of amides is 2. The van der Waals surface area contributed by atoms with Gasteiger partial charge in [0.15, 0.2) is 0 Å². The molecule has 0 saturated carbocycles. The van der Waals surface area contributed by atoms with Crippen LogP contribution >= 0.6 is 0 Å². The zero-order chi connectivity index (χ0) is 23.4. The van der Waals surface area contributed by atoms with E-state index in [1.165, 1.54) is 33.6 Å². The molecule has 7 nitrogen and oxygen atoms in total. The summed E-state index contributed by atoms with van der Waals surface area (Å²) in [6.07, 6.45) is 4.21. The van der Waals surface area contributed by atoms with Crippen molar-refractivity contribution in [1.82, 2.24) is 14.9 Å². The molecule has 0 bridgehead atoms. The second-order valence-electron chi connectivity index (χ2n) is 8.67. The molecule has 2 amide bonds. The molecule has 1 heterocycles. The molecule has 0 spiro atoms. The van der Waals surface area contributed by atoms with E-state index in [-0.39, 0.29) is 28.7 Å². The number of sulfonamides is 1. The largest absolute Gasteiger partial charge is 0.352 e. The molecule has 0 unspecified atom stereocenters. The molecule has 8 heteroatoms. The second-order valence-corrected chi connectivity index (χ2v) is 10.6. The number of rotatable bonds is 7. The Balaban J connectivity index is 1.32. The zero-order valence-electron chi connectivity index (χ0n) is 18.5. The van der Waals surface area contributed by atoms with Crippen molar-refractivity contribution in [2.75, 3.05) is 19.6 Å². The van der Waals surface area contributed by atoms with Gasteiger partial charge in [-0.2, -0.15) is 4.31 Å². The Kier molecular flexibility index (Phi) is 6.95. The summed E-state index contributed by atoms with van der Waals surface area (Å²) in [5, 5.41) is 5.83. The van der Waals surface area contributed by atoms with Crippen LogP contribution in [0.2, 0.25) is 0 Å². The highest BCUT2D eigenvalue weighted by molar-refractivity contribution is 7.89. The average Bonchev–Trinajstić information content (AvgIpc) is 3.25. The van der Waals surface area contributed by atoms with Gasteiger partial charge in [-0.1, -0.05) is 30.8 Å². The number of hydrogen-bond acceptors (Lipinski definition) is 4. The first kappa shape index (κ1) is 23.2. The third kappa shape index (κ3) is 5.34. The van der Waals surface area contributed by atoms with Crippen molar-refractivity contribution in [3.8, 4) is 0 Å². The average molecular weight is 468 g/mol. The molecule has 0 atom stereocenters. The number of nitrogens with zero attached hydrogens (tertiary/aromatic N) is 1. The van der Waals surface area contributed by atoms with E-state index in [4.69, 9.17) is 0 Å². The van der Waals surface area contributed by atoms with Crippen LogP contribution in [0.3, 0.4) is 0 Å². The summed E-state index contributed by atoms with van der Waals surface area (Å²) in [6, 6.07) is 14.4. The Morgan fingerprint density at radius 2 is 1.61 bits per heavy atom. The summed E-state index contributed by atoms with van der Waals surface area (Å²) >= 11 is 0. The van der Waals surface area contributed by atoms with Crippen LogP contribution in [0.25, 0.3) is 0 Å². The number of piperidine rings is 1. The van der Waals surface area contributed by atoms with Gasteiger partial charge in [-0.05, 0) is 73.1 Å². The minimum atomic E-state index is -3.62. The summed E-state index contributed by atoms with van der Waals surface area (Å²) in [7, 11) is -3.62. The monoisotopic (exact) mass is 467 g/mol. The fourth-order valence-electron chi connectivity index (χ4n) is 4.53. The van der Waals surface area contributed by atoms with E-state index in [1.54, 1.807) is 12.1 Å². The highest BCUT2D eigenvalue weighted by Crippen LogP contribution is 2.25. The van der Waals surface area contributed by atoms with Crippen LogP contribution < -0.4 is 10.6 Å². The number of fused-ring (bicyclic) bond motifs is 1. The van der Waals surface area contributed by atoms with Crippen molar-refractivity contribution in [3.05, 3.63) is 77.9 Å². The molecule has 174 valence electrons. The summed E-state index contributed by atoms with van der Waals surface area (Å²) in [6.45, 7) is 4.76. The Morgan fingerprint density at radius 1 is 1.00 bits per heavy atom. The lowest BCUT2D eigenvalue weighted by molar-refractivity contribution is -0.116. The maximum Gasteiger partial charge on any atom is 0.251 e. The van der Waals surface area contributed by atoms with E-state index in [9.17, 15) is 18.0 Å². The second kappa shape index (κ2) is 9.89. The summed E-state index contributed by atoms with van der Waals surface area (Å²) < 4.78 is 27.5. The van der Waals surface area contributed by atoms with E-state index in [0.29, 0.717) is 38.0 Å². The van der Waals surface area contributed by atoms with Gasteiger partial charge in [0.05, 0.1) is 4.90 Å². The van der Waals surface area contributed by atoms with Crippen molar-refractivity contribution >= 4 is 21.8 Å². The smallest absolute Gasteiger partial charge is 0.251 e. The number of carbonyl (C=O) groups excluding carboxylic acids is 2. The highest BCUT2D eigenvalue weighted by atomic mass is 32.2. The van der Waals surface area contributed by atoms with E-state index in [0.717, 1.165) is 12.8 Å². The van der Waals surface area contributed by atoms with Gasteiger partial charge in [-0.15, -0.1) is 0 Å². The van der Waals surface area contributed by atoms with Gasteiger partial charge >= 0.3 is 0 Å². The summed E-state index contributed by atoms with van der Waals surface area (Å²) in [5.74, 6) is -0.168. The molecule has 1 saturated heterocycles. The van der Waals surface area contributed by atoms with Gasteiger partial charge in [0.25, 0.3) is 5.91 Å². The molecule has 0 radical (unpaired) electrons. The van der Waals surface area contributed by atoms with Gasteiger partial charge in [-0.25, -0.2) is 8.42 Å². The van der Waals surface area contributed by atoms with Crippen LogP contribution in [0.5, 0.6) is 0 Å². The van der Waals surface area contributed by atoms with Crippen LogP contribution in [-0.2, 0) is 27.7 Å². The number of carbonyl (C=O) groups is 2. The first-order valence-corrected chi connectivity index (χ1v) is 12.7. The summed E-state index contributed by atoms with van der Waals surface area (Å²) in [4.78, 5) is 24.2. The molecule has 2 N–H and O–H groups in total. The molecule has 1 aliphatic heterocycles. The molecular weight excluding hydrogens is 438 g/mol.